The van der Waals surface area contributed by atoms with Crippen LogP contribution >= 0.6 is 0 Å². The average molecular weight is 400 g/mol. The van der Waals surface area contributed by atoms with Crippen LogP contribution in [0.25, 0.3) is 22.1 Å². The van der Waals surface area contributed by atoms with Crippen molar-refractivity contribution in [2.24, 2.45) is 0 Å². The Hall–Kier alpha value is -3.86. The van der Waals surface area contributed by atoms with Crippen molar-refractivity contribution in [1.82, 2.24) is 0 Å². The molecule has 0 amide bonds. The van der Waals surface area contributed by atoms with E-state index in [0.717, 1.165) is 16.7 Å². The second-order valence-electron chi connectivity index (χ2n) is 6.92. The molecule has 0 fully saturated rings. The van der Waals surface area contributed by atoms with Gasteiger partial charge in [0.1, 0.15) is 17.9 Å². The fourth-order valence-electron chi connectivity index (χ4n) is 3.27. The lowest BCUT2D eigenvalue weighted by molar-refractivity contribution is -0.147. The maximum atomic E-state index is 12.2. The molecule has 0 unspecified atom stereocenters. The Morgan fingerprint density at radius 1 is 0.933 bits per heavy atom. The SMILES string of the molecule is Cc1cc(OCC(=O)OCc2ccccc2)c2c(-c3ccccc3)cc(=O)oc2c1. The minimum Gasteiger partial charge on any atom is -0.481 e. The van der Waals surface area contributed by atoms with Crippen molar-refractivity contribution in [3.8, 4) is 16.9 Å². The normalized spacial score (nSPS) is 10.7. The summed E-state index contributed by atoms with van der Waals surface area (Å²) >= 11 is 0. The molecule has 0 aliphatic rings. The predicted molar refractivity (Wildman–Crippen MR) is 114 cm³/mol. The van der Waals surface area contributed by atoms with E-state index in [9.17, 15) is 9.59 Å². The molecule has 1 aromatic heterocycles. The van der Waals surface area contributed by atoms with Crippen LogP contribution in [0, 0.1) is 6.92 Å². The van der Waals surface area contributed by atoms with Gasteiger partial charge in [0.25, 0.3) is 0 Å². The summed E-state index contributed by atoms with van der Waals surface area (Å²) in [6.07, 6.45) is 0. The summed E-state index contributed by atoms with van der Waals surface area (Å²) in [7, 11) is 0. The van der Waals surface area contributed by atoms with Gasteiger partial charge in [-0.2, -0.15) is 0 Å². The lowest BCUT2D eigenvalue weighted by Gasteiger charge is -2.13. The van der Waals surface area contributed by atoms with Crippen molar-refractivity contribution < 1.29 is 18.7 Å². The monoisotopic (exact) mass is 400 g/mol. The maximum absolute atomic E-state index is 12.2. The van der Waals surface area contributed by atoms with Crippen molar-refractivity contribution in [3.05, 3.63) is 100 Å². The van der Waals surface area contributed by atoms with Crippen molar-refractivity contribution in [1.29, 1.82) is 0 Å². The first-order valence-electron chi connectivity index (χ1n) is 9.56. The molecule has 0 saturated carbocycles. The topological polar surface area (TPSA) is 65.7 Å². The Bertz CT molecular complexity index is 1230. The number of hydrogen-bond donors (Lipinski definition) is 0. The number of benzene rings is 3. The molecular weight excluding hydrogens is 380 g/mol. The van der Waals surface area contributed by atoms with Crippen LogP contribution in [0.5, 0.6) is 5.75 Å². The number of aryl methyl sites for hydroxylation is 1. The molecule has 0 saturated heterocycles. The molecule has 5 nitrogen and oxygen atoms in total. The van der Waals surface area contributed by atoms with Gasteiger partial charge in [0, 0.05) is 11.6 Å². The quantitative estimate of drug-likeness (QED) is 0.341. The van der Waals surface area contributed by atoms with Gasteiger partial charge in [0.2, 0.25) is 0 Å². The Balaban J connectivity index is 1.62. The predicted octanol–water partition coefficient (Wildman–Crippen LogP) is 4.89. The van der Waals surface area contributed by atoms with E-state index in [0.29, 0.717) is 22.3 Å². The first-order valence-corrected chi connectivity index (χ1v) is 9.56. The molecule has 1 heterocycles. The van der Waals surface area contributed by atoms with Crippen LogP contribution in [0.3, 0.4) is 0 Å². The van der Waals surface area contributed by atoms with Gasteiger partial charge in [-0.1, -0.05) is 60.7 Å². The second-order valence-corrected chi connectivity index (χ2v) is 6.92. The minimum absolute atomic E-state index is 0.182. The van der Waals surface area contributed by atoms with Crippen LogP contribution in [0.15, 0.2) is 88.1 Å². The molecule has 0 spiro atoms. The lowest BCUT2D eigenvalue weighted by Crippen LogP contribution is -2.15. The molecule has 0 aliphatic heterocycles. The van der Waals surface area contributed by atoms with E-state index in [1.165, 1.54) is 6.07 Å². The average Bonchev–Trinajstić information content (AvgIpc) is 2.76. The van der Waals surface area contributed by atoms with Gasteiger partial charge in [-0.15, -0.1) is 0 Å². The largest absolute Gasteiger partial charge is 0.481 e. The van der Waals surface area contributed by atoms with E-state index < -0.39 is 11.6 Å². The van der Waals surface area contributed by atoms with Crippen molar-refractivity contribution in [2.45, 2.75) is 13.5 Å². The molecule has 0 N–H and O–H groups in total. The van der Waals surface area contributed by atoms with Gasteiger partial charge in [-0.05, 0) is 35.7 Å². The minimum atomic E-state index is -0.479. The maximum Gasteiger partial charge on any atom is 0.344 e. The van der Waals surface area contributed by atoms with Crippen molar-refractivity contribution in [2.75, 3.05) is 6.61 Å². The highest BCUT2D eigenvalue weighted by atomic mass is 16.6. The molecule has 0 aliphatic carbocycles. The first kappa shape index (κ1) is 19.5. The molecule has 0 bridgehead atoms. The van der Waals surface area contributed by atoms with E-state index in [-0.39, 0.29) is 13.2 Å². The molecule has 3 aromatic carbocycles. The van der Waals surface area contributed by atoms with E-state index in [4.69, 9.17) is 13.9 Å². The molecule has 4 aromatic rings. The van der Waals surface area contributed by atoms with E-state index in [1.54, 1.807) is 6.07 Å². The summed E-state index contributed by atoms with van der Waals surface area (Å²) in [5.74, 6) is -0.0172. The summed E-state index contributed by atoms with van der Waals surface area (Å²) in [6, 6.07) is 24.0. The smallest absolute Gasteiger partial charge is 0.344 e. The van der Waals surface area contributed by atoms with Gasteiger partial charge in [0.05, 0.1) is 5.39 Å². The summed E-state index contributed by atoms with van der Waals surface area (Å²) < 4.78 is 16.5. The van der Waals surface area contributed by atoms with Gasteiger partial charge < -0.3 is 13.9 Å². The second kappa shape index (κ2) is 8.66. The number of fused-ring (bicyclic) bond motifs is 1. The Morgan fingerprint density at radius 2 is 1.63 bits per heavy atom. The fraction of sp³-hybridized carbons (Fsp3) is 0.120. The Kier molecular flexibility index (Phi) is 5.61. The third-order valence-electron chi connectivity index (χ3n) is 4.63. The zero-order chi connectivity index (χ0) is 20.9. The van der Waals surface area contributed by atoms with Crippen LogP contribution in [0.1, 0.15) is 11.1 Å². The van der Waals surface area contributed by atoms with Gasteiger partial charge in [-0.25, -0.2) is 9.59 Å². The van der Waals surface area contributed by atoms with E-state index in [2.05, 4.69) is 0 Å². The van der Waals surface area contributed by atoms with Crippen molar-refractivity contribution >= 4 is 16.9 Å². The molecule has 5 heteroatoms. The summed E-state index contributed by atoms with van der Waals surface area (Å²) in [4.78, 5) is 24.3. The van der Waals surface area contributed by atoms with Crippen LogP contribution in [0.4, 0.5) is 0 Å². The number of carbonyl (C=O) groups is 1. The fourth-order valence-corrected chi connectivity index (χ4v) is 3.27. The lowest BCUT2D eigenvalue weighted by atomic mass is 10.0. The molecule has 4 rings (SSSR count). The number of esters is 1. The summed E-state index contributed by atoms with van der Waals surface area (Å²) in [5, 5.41) is 0.641. The Labute approximate surface area is 173 Å². The number of rotatable bonds is 6. The van der Waals surface area contributed by atoms with Crippen LogP contribution in [0.2, 0.25) is 0 Å². The zero-order valence-electron chi connectivity index (χ0n) is 16.5. The highest BCUT2D eigenvalue weighted by molar-refractivity contribution is 5.98. The standard InChI is InChI=1S/C25H20O5/c1-17-12-21(28-16-24(27)29-15-18-8-4-2-5-9-18)25-20(19-10-6-3-7-11-19)14-23(26)30-22(25)13-17/h2-14H,15-16H2,1H3. The molecule has 150 valence electrons. The van der Waals surface area contributed by atoms with E-state index >= 15 is 0 Å². The summed E-state index contributed by atoms with van der Waals surface area (Å²) in [5.41, 5.74) is 3.27. The molecule has 30 heavy (non-hydrogen) atoms. The first-order chi connectivity index (χ1) is 14.6. The molecule has 0 radical (unpaired) electrons. The highest BCUT2D eigenvalue weighted by Crippen LogP contribution is 2.35. The van der Waals surface area contributed by atoms with Crippen LogP contribution in [-0.4, -0.2) is 12.6 Å². The molecular formula is C25H20O5. The third-order valence-corrected chi connectivity index (χ3v) is 4.63. The Morgan fingerprint density at radius 3 is 2.37 bits per heavy atom. The zero-order valence-corrected chi connectivity index (χ0v) is 16.5. The number of hydrogen-bond acceptors (Lipinski definition) is 5. The van der Waals surface area contributed by atoms with Crippen LogP contribution < -0.4 is 10.4 Å². The van der Waals surface area contributed by atoms with Gasteiger partial charge in [0.15, 0.2) is 6.61 Å². The highest BCUT2D eigenvalue weighted by Gasteiger charge is 2.15. The van der Waals surface area contributed by atoms with Crippen molar-refractivity contribution in [3.63, 3.8) is 0 Å². The van der Waals surface area contributed by atoms with Crippen LogP contribution in [-0.2, 0) is 16.1 Å². The molecule has 0 atom stereocenters. The van der Waals surface area contributed by atoms with E-state index in [1.807, 2.05) is 73.7 Å². The number of carbonyl (C=O) groups excluding carboxylic acids is 1. The van der Waals surface area contributed by atoms with Gasteiger partial charge in [-0.3, -0.25) is 0 Å². The third kappa shape index (κ3) is 4.41. The summed E-state index contributed by atoms with van der Waals surface area (Å²) in [6.45, 7) is 1.80. The van der Waals surface area contributed by atoms with Gasteiger partial charge >= 0.3 is 11.6 Å². The number of ether oxygens (including phenoxy) is 2.